The van der Waals surface area contributed by atoms with E-state index in [9.17, 15) is 4.79 Å². The Labute approximate surface area is 95.5 Å². The number of carbonyl (C=O) groups is 1. The molecule has 0 aliphatic rings. The number of nitrogens with zero attached hydrogens (tertiary/aromatic N) is 2. The summed E-state index contributed by atoms with van der Waals surface area (Å²) in [5, 5.41) is 16.2. The van der Waals surface area contributed by atoms with Gasteiger partial charge in [-0.2, -0.15) is 5.10 Å². The minimum Gasteiger partial charge on any atom is -0.481 e. The molecular weight excluding hydrogens is 206 g/mol. The average molecular weight is 225 g/mol. The lowest BCUT2D eigenvalue weighted by molar-refractivity contribution is -0.146. The first kappa shape index (κ1) is 12.7. The van der Waals surface area contributed by atoms with Crippen LogP contribution in [0.2, 0.25) is 0 Å². The summed E-state index contributed by atoms with van der Waals surface area (Å²) >= 11 is 0. The zero-order chi connectivity index (χ0) is 12.2. The normalized spacial score (nSPS) is 11.7. The van der Waals surface area contributed by atoms with E-state index in [2.05, 4.69) is 10.4 Å². The quantitative estimate of drug-likeness (QED) is 0.706. The molecule has 0 aliphatic heterocycles. The Morgan fingerprint density at radius 1 is 1.62 bits per heavy atom. The summed E-state index contributed by atoms with van der Waals surface area (Å²) in [6.07, 6.45) is 3.77. The number of aromatic nitrogens is 2. The number of hydrogen-bond acceptors (Lipinski definition) is 3. The molecule has 2 N–H and O–H groups in total. The van der Waals surface area contributed by atoms with Gasteiger partial charge < -0.3 is 10.4 Å². The van der Waals surface area contributed by atoms with E-state index >= 15 is 0 Å². The minimum absolute atomic E-state index is 0.461. The fourth-order valence-electron chi connectivity index (χ4n) is 1.26. The van der Waals surface area contributed by atoms with Crippen LogP contribution in [-0.4, -0.2) is 33.9 Å². The van der Waals surface area contributed by atoms with Gasteiger partial charge >= 0.3 is 5.97 Å². The topological polar surface area (TPSA) is 67.2 Å². The predicted molar refractivity (Wildman–Crippen MR) is 61.3 cm³/mol. The molecule has 16 heavy (non-hydrogen) atoms. The maximum absolute atomic E-state index is 10.8. The third kappa shape index (κ3) is 3.66. The van der Waals surface area contributed by atoms with Crippen molar-refractivity contribution in [1.82, 2.24) is 15.1 Å². The maximum Gasteiger partial charge on any atom is 0.310 e. The fraction of sp³-hybridized carbons (Fsp3) is 0.636. The van der Waals surface area contributed by atoms with E-state index in [0.717, 1.165) is 18.7 Å². The van der Waals surface area contributed by atoms with Crippen molar-refractivity contribution < 1.29 is 9.90 Å². The zero-order valence-electron chi connectivity index (χ0n) is 10.0. The minimum atomic E-state index is -0.782. The Hall–Kier alpha value is -1.36. The molecule has 0 unspecified atom stereocenters. The molecule has 0 aliphatic carbocycles. The molecule has 1 aromatic rings. The van der Waals surface area contributed by atoms with Crippen LogP contribution >= 0.6 is 0 Å². The van der Waals surface area contributed by atoms with Crippen molar-refractivity contribution in [2.45, 2.75) is 27.3 Å². The molecule has 0 atom stereocenters. The van der Waals surface area contributed by atoms with E-state index in [4.69, 9.17) is 5.11 Å². The molecular formula is C11H19N3O2. The number of rotatable bonds is 6. The number of hydrogen-bond donors (Lipinski definition) is 2. The van der Waals surface area contributed by atoms with Crippen LogP contribution in [0.3, 0.4) is 0 Å². The van der Waals surface area contributed by atoms with E-state index in [1.165, 1.54) is 0 Å². The van der Waals surface area contributed by atoms with Gasteiger partial charge in [0.1, 0.15) is 0 Å². The van der Waals surface area contributed by atoms with Gasteiger partial charge in [0.25, 0.3) is 0 Å². The van der Waals surface area contributed by atoms with Gasteiger partial charge in [0.15, 0.2) is 0 Å². The second kappa shape index (κ2) is 5.12. The number of carboxylic acid groups (broad SMARTS) is 1. The van der Waals surface area contributed by atoms with Gasteiger partial charge in [-0.25, -0.2) is 0 Å². The largest absolute Gasteiger partial charge is 0.481 e. The fourth-order valence-corrected chi connectivity index (χ4v) is 1.26. The SMILES string of the molecule is Cc1cnn(CCNCC(C)(C)C(=O)O)c1. The molecule has 0 bridgehead atoms. The van der Waals surface area contributed by atoms with Crippen LogP contribution in [0.15, 0.2) is 12.4 Å². The molecule has 0 aromatic carbocycles. The first-order chi connectivity index (χ1) is 7.42. The molecule has 0 fully saturated rings. The van der Waals surface area contributed by atoms with Gasteiger partial charge in [-0.3, -0.25) is 9.48 Å². The Bertz CT molecular complexity index is 358. The third-order valence-electron chi connectivity index (χ3n) is 2.43. The predicted octanol–water partition coefficient (Wildman–Crippen LogP) is 0.892. The summed E-state index contributed by atoms with van der Waals surface area (Å²) in [5.74, 6) is -0.782. The van der Waals surface area contributed by atoms with E-state index in [1.54, 1.807) is 20.0 Å². The molecule has 0 amide bonds. The molecule has 5 nitrogen and oxygen atoms in total. The Kier molecular flexibility index (Phi) is 4.06. The van der Waals surface area contributed by atoms with Crippen molar-refractivity contribution in [1.29, 1.82) is 0 Å². The number of aliphatic carboxylic acids is 1. The highest BCUT2D eigenvalue weighted by atomic mass is 16.4. The first-order valence-electron chi connectivity index (χ1n) is 5.35. The molecule has 0 saturated heterocycles. The van der Waals surface area contributed by atoms with Gasteiger partial charge in [0, 0.05) is 19.3 Å². The highest BCUT2D eigenvalue weighted by Crippen LogP contribution is 2.12. The second-order valence-corrected chi connectivity index (χ2v) is 4.65. The Morgan fingerprint density at radius 3 is 2.81 bits per heavy atom. The summed E-state index contributed by atoms with van der Waals surface area (Å²) < 4.78 is 1.84. The van der Waals surface area contributed by atoms with E-state index < -0.39 is 11.4 Å². The number of carboxylic acids is 1. The van der Waals surface area contributed by atoms with Gasteiger partial charge in [0.2, 0.25) is 0 Å². The zero-order valence-corrected chi connectivity index (χ0v) is 10.0. The highest BCUT2D eigenvalue weighted by molar-refractivity contribution is 5.73. The standard InChI is InChI=1S/C11H19N3O2/c1-9-6-13-14(7-9)5-4-12-8-11(2,3)10(15)16/h6-7,12H,4-5,8H2,1-3H3,(H,15,16). The van der Waals surface area contributed by atoms with Crippen LogP contribution < -0.4 is 5.32 Å². The van der Waals surface area contributed by atoms with E-state index in [-0.39, 0.29) is 0 Å². The molecule has 0 spiro atoms. The van der Waals surface area contributed by atoms with Crippen LogP contribution in [-0.2, 0) is 11.3 Å². The lowest BCUT2D eigenvalue weighted by Crippen LogP contribution is -2.37. The van der Waals surface area contributed by atoms with Crippen molar-refractivity contribution in [2.24, 2.45) is 5.41 Å². The number of nitrogens with one attached hydrogen (secondary N) is 1. The van der Waals surface area contributed by atoms with Gasteiger partial charge in [-0.05, 0) is 26.3 Å². The van der Waals surface area contributed by atoms with Crippen molar-refractivity contribution in [2.75, 3.05) is 13.1 Å². The first-order valence-corrected chi connectivity index (χ1v) is 5.35. The average Bonchev–Trinajstić information content (AvgIpc) is 2.59. The molecule has 1 heterocycles. The van der Waals surface area contributed by atoms with Crippen molar-refractivity contribution >= 4 is 5.97 Å². The monoisotopic (exact) mass is 225 g/mol. The highest BCUT2D eigenvalue weighted by Gasteiger charge is 2.26. The van der Waals surface area contributed by atoms with E-state index in [1.807, 2.05) is 17.8 Å². The lowest BCUT2D eigenvalue weighted by atomic mass is 9.94. The van der Waals surface area contributed by atoms with Crippen LogP contribution in [0.4, 0.5) is 0 Å². The van der Waals surface area contributed by atoms with Gasteiger partial charge in [-0.1, -0.05) is 0 Å². The van der Waals surface area contributed by atoms with Crippen molar-refractivity contribution in [3.63, 3.8) is 0 Å². The molecule has 5 heteroatoms. The van der Waals surface area contributed by atoms with Gasteiger partial charge in [-0.15, -0.1) is 0 Å². The van der Waals surface area contributed by atoms with Gasteiger partial charge in [0.05, 0.1) is 18.2 Å². The summed E-state index contributed by atoms with van der Waals surface area (Å²) in [5.41, 5.74) is 0.408. The van der Waals surface area contributed by atoms with Crippen molar-refractivity contribution in [3.05, 3.63) is 18.0 Å². The molecule has 1 aromatic heterocycles. The molecule has 0 radical (unpaired) electrons. The molecule has 90 valence electrons. The van der Waals surface area contributed by atoms with Crippen LogP contribution in [0.1, 0.15) is 19.4 Å². The van der Waals surface area contributed by atoms with Crippen LogP contribution in [0.5, 0.6) is 0 Å². The molecule has 1 rings (SSSR count). The Morgan fingerprint density at radius 2 is 2.31 bits per heavy atom. The lowest BCUT2D eigenvalue weighted by Gasteiger charge is -2.19. The maximum atomic E-state index is 10.8. The third-order valence-corrected chi connectivity index (χ3v) is 2.43. The molecule has 0 saturated carbocycles. The Balaban J connectivity index is 2.24. The van der Waals surface area contributed by atoms with Crippen molar-refractivity contribution in [3.8, 4) is 0 Å². The summed E-state index contributed by atoms with van der Waals surface area (Å²) in [6, 6.07) is 0. The number of aryl methyl sites for hydroxylation is 1. The summed E-state index contributed by atoms with van der Waals surface area (Å²) in [7, 11) is 0. The second-order valence-electron chi connectivity index (χ2n) is 4.65. The summed E-state index contributed by atoms with van der Waals surface area (Å²) in [4.78, 5) is 10.8. The smallest absolute Gasteiger partial charge is 0.310 e. The van der Waals surface area contributed by atoms with Crippen LogP contribution in [0, 0.1) is 12.3 Å². The van der Waals surface area contributed by atoms with E-state index in [0.29, 0.717) is 6.54 Å². The summed E-state index contributed by atoms with van der Waals surface area (Å²) in [6.45, 7) is 7.34. The van der Waals surface area contributed by atoms with Crippen LogP contribution in [0.25, 0.3) is 0 Å².